The van der Waals surface area contributed by atoms with Gasteiger partial charge >= 0.3 is 0 Å². The van der Waals surface area contributed by atoms with Crippen molar-refractivity contribution < 1.29 is 4.39 Å². The maximum absolute atomic E-state index is 13.6. The summed E-state index contributed by atoms with van der Waals surface area (Å²) in [6.07, 6.45) is 7.27. The Labute approximate surface area is 240 Å². The third-order valence-electron chi connectivity index (χ3n) is 7.61. The lowest BCUT2D eigenvalue weighted by Crippen LogP contribution is -2.32. The van der Waals surface area contributed by atoms with Crippen molar-refractivity contribution in [2.45, 2.75) is 25.3 Å². The van der Waals surface area contributed by atoms with E-state index in [4.69, 9.17) is 21.6 Å². The van der Waals surface area contributed by atoms with Crippen LogP contribution in [0.15, 0.2) is 85.3 Å². The number of halogens is 2. The number of hydrogen-bond donors (Lipinski definition) is 1. The Kier molecular flexibility index (Phi) is 6.74. The topological polar surface area (TPSA) is 87.9 Å². The third-order valence-corrected chi connectivity index (χ3v) is 7.89. The molecule has 4 aromatic heterocycles. The van der Waals surface area contributed by atoms with Crippen LogP contribution in [0.1, 0.15) is 30.1 Å². The number of imidazole rings is 1. The van der Waals surface area contributed by atoms with Crippen LogP contribution in [-0.4, -0.2) is 52.5 Å². The molecule has 0 radical (unpaired) electrons. The molecule has 0 bridgehead atoms. The maximum Gasteiger partial charge on any atom is 0.235 e. The van der Waals surface area contributed by atoms with Crippen LogP contribution in [0, 0.1) is 5.82 Å². The summed E-state index contributed by atoms with van der Waals surface area (Å²) < 4.78 is 15.4. The summed E-state index contributed by atoms with van der Waals surface area (Å²) in [7, 11) is 0. The summed E-state index contributed by atoms with van der Waals surface area (Å²) in [5.41, 5.74) is 5.48. The molecule has 6 aromatic rings. The normalized spacial score (nSPS) is 14.6. The standard InChI is InChI=1S/C31H26ClFN8/c32-27-17-35-31-36-28(25(19-41(27)31)21-8-10-24(33)11-9-21)22-6-4-20(5-7-22)18-40-15-12-23(13-16-40)29-37-30(39-38-29)26-3-1-2-14-34-26/h1-11,14,17,19,23H,12-13,15-16,18H2,(H,37,38,39). The molecule has 1 aliphatic rings. The molecule has 5 heterocycles. The molecule has 1 saturated heterocycles. The van der Waals surface area contributed by atoms with E-state index in [1.807, 2.05) is 24.4 Å². The summed E-state index contributed by atoms with van der Waals surface area (Å²) in [6.45, 7) is 2.83. The summed E-state index contributed by atoms with van der Waals surface area (Å²) in [5, 5.41) is 8.00. The number of H-pyrrole nitrogens is 1. The average molecular weight is 565 g/mol. The lowest BCUT2D eigenvalue weighted by atomic mass is 9.95. The van der Waals surface area contributed by atoms with Gasteiger partial charge in [0.05, 0.1) is 11.9 Å². The van der Waals surface area contributed by atoms with Gasteiger partial charge in [0.2, 0.25) is 5.78 Å². The van der Waals surface area contributed by atoms with Gasteiger partial charge < -0.3 is 0 Å². The fourth-order valence-corrected chi connectivity index (χ4v) is 5.57. The highest BCUT2D eigenvalue weighted by Gasteiger charge is 2.24. The molecular weight excluding hydrogens is 539 g/mol. The summed E-state index contributed by atoms with van der Waals surface area (Å²) in [5.74, 6) is 2.16. The van der Waals surface area contributed by atoms with E-state index in [9.17, 15) is 4.39 Å². The first-order valence-electron chi connectivity index (χ1n) is 13.6. The Bertz CT molecular complexity index is 1790. The van der Waals surface area contributed by atoms with E-state index in [0.717, 1.165) is 72.2 Å². The number of aromatic amines is 1. The van der Waals surface area contributed by atoms with Crippen molar-refractivity contribution in [2.24, 2.45) is 0 Å². The molecule has 0 amide bonds. The highest BCUT2D eigenvalue weighted by atomic mass is 35.5. The van der Waals surface area contributed by atoms with Crippen molar-refractivity contribution in [1.29, 1.82) is 0 Å². The van der Waals surface area contributed by atoms with Crippen LogP contribution in [0.2, 0.25) is 5.15 Å². The van der Waals surface area contributed by atoms with Gasteiger partial charge in [-0.3, -0.25) is 19.4 Å². The molecule has 204 valence electrons. The van der Waals surface area contributed by atoms with E-state index in [2.05, 4.69) is 49.3 Å². The van der Waals surface area contributed by atoms with Crippen molar-refractivity contribution in [2.75, 3.05) is 13.1 Å². The molecule has 0 unspecified atom stereocenters. The van der Waals surface area contributed by atoms with Crippen molar-refractivity contribution in [3.63, 3.8) is 0 Å². The molecule has 0 spiro atoms. The largest absolute Gasteiger partial charge is 0.299 e. The smallest absolute Gasteiger partial charge is 0.235 e. The van der Waals surface area contributed by atoms with Crippen LogP contribution in [-0.2, 0) is 6.54 Å². The molecule has 0 aliphatic carbocycles. The zero-order valence-electron chi connectivity index (χ0n) is 22.1. The lowest BCUT2D eigenvalue weighted by Gasteiger charge is -2.30. The lowest BCUT2D eigenvalue weighted by molar-refractivity contribution is 0.202. The average Bonchev–Trinajstić information content (AvgIpc) is 3.65. The molecular formula is C31H26ClFN8. The SMILES string of the molecule is Fc1ccc(-c2cn3c(Cl)cnc3nc2-c2ccc(CN3CCC(c4n[nH]c(-c5ccccn5)n4)CC3)cc2)cc1. The van der Waals surface area contributed by atoms with Crippen LogP contribution in [0.5, 0.6) is 0 Å². The second-order valence-corrected chi connectivity index (χ2v) is 10.7. The van der Waals surface area contributed by atoms with E-state index < -0.39 is 0 Å². The fraction of sp³-hybridized carbons (Fsp3) is 0.194. The van der Waals surface area contributed by atoms with Gasteiger partial charge in [0.15, 0.2) is 11.6 Å². The summed E-state index contributed by atoms with van der Waals surface area (Å²) >= 11 is 6.32. The number of piperidine rings is 1. The molecule has 2 aromatic carbocycles. The van der Waals surface area contributed by atoms with Crippen LogP contribution in [0.25, 0.3) is 39.7 Å². The van der Waals surface area contributed by atoms with Gasteiger partial charge in [-0.2, -0.15) is 5.10 Å². The zero-order valence-corrected chi connectivity index (χ0v) is 22.8. The van der Waals surface area contributed by atoms with Gasteiger partial charge in [-0.1, -0.05) is 54.1 Å². The Morgan fingerprint density at radius 2 is 1.68 bits per heavy atom. The van der Waals surface area contributed by atoms with E-state index in [1.165, 1.54) is 17.7 Å². The second-order valence-electron chi connectivity index (χ2n) is 10.3. The number of rotatable bonds is 6. The zero-order chi connectivity index (χ0) is 27.8. The Morgan fingerprint density at radius 1 is 0.902 bits per heavy atom. The van der Waals surface area contributed by atoms with Gasteiger partial charge in [0.25, 0.3) is 0 Å². The van der Waals surface area contributed by atoms with Crippen LogP contribution < -0.4 is 0 Å². The maximum atomic E-state index is 13.6. The Hall–Kier alpha value is -4.47. The first-order chi connectivity index (χ1) is 20.1. The van der Waals surface area contributed by atoms with Gasteiger partial charge in [0, 0.05) is 36.0 Å². The molecule has 8 nitrogen and oxygen atoms in total. The first-order valence-corrected chi connectivity index (χ1v) is 13.9. The number of nitrogens with zero attached hydrogens (tertiary/aromatic N) is 7. The van der Waals surface area contributed by atoms with Crippen LogP contribution in [0.3, 0.4) is 0 Å². The minimum Gasteiger partial charge on any atom is -0.299 e. The minimum atomic E-state index is -0.284. The van der Waals surface area contributed by atoms with Crippen LogP contribution >= 0.6 is 11.6 Å². The number of benzene rings is 2. The highest BCUT2D eigenvalue weighted by molar-refractivity contribution is 6.29. The molecule has 0 saturated carbocycles. The van der Waals surface area contributed by atoms with E-state index in [-0.39, 0.29) is 5.82 Å². The summed E-state index contributed by atoms with van der Waals surface area (Å²) in [4.78, 5) is 20.7. The van der Waals surface area contributed by atoms with Crippen molar-refractivity contribution >= 4 is 17.4 Å². The van der Waals surface area contributed by atoms with Gasteiger partial charge in [-0.15, -0.1) is 0 Å². The minimum absolute atomic E-state index is 0.284. The van der Waals surface area contributed by atoms with E-state index in [0.29, 0.717) is 16.8 Å². The number of hydrogen-bond acceptors (Lipinski definition) is 6. The molecule has 0 atom stereocenters. The molecule has 41 heavy (non-hydrogen) atoms. The van der Waals surface area contributed by atoms with E-state index >= 15 is 0 Å². The molecule has 7 rings (SSSR count). The quantitative estimate of drug-likeness (QED) is 0.251. The van der Waals surface area contributed by atoms with Gasteiger partial charge in [-0.05, 0) is 61.3 Å². The predicted molar refractivity (Wildman–Crippen MR) is 156 cm³/mol. The summed E-state index contributed by atoms with van der Waals surface area (Å²) in [6, 6.07) is 20.7. The molecule has 1 fully saturated rings. The van der Waals surface area contributed by atoms with Crippen molar-refractivity contribution in [3.8, 4) is 33.9 Å². The van der Waals surface area contributed by atoms with E-state index in [1.54, 1.807) is 28.9 Å². The number of nitrogens with one attached hydrogen (secondary N) is 1. The van der Waals surface area contributed by atoms with Gasteiger partial charge in [0.1, 0.15) is 16.7 Å². The number of pyridine rings is 1. The van der Waals surface area contributed by atoms with Crippen molar-refractivity contribution in [3.05, 3.63) is 108 Å². The third kappa shape index (κ3) is 5.21. The Morgan fingerprint density at radius 3 is 2.44 bits per heavy atom. The highest BCUT2D eigenvalue weighted by Crippen LogP contribution is 2.33. The second kappa shape index (κ2) is 10.8. The fourth-order valence-electron chi connectivity index (χ4n) is 5.39. The number of likely N-dealkylation sites (tertiary alicyclic amines) is 1. The van der Waals surface area contributed by atoms with Gasteiger partial charge in [-0.25, -0.2) is 19.3 Å². The van der Waals surface area contributed by atoms with Crippen LogP contribution in [0.4, 0.5) is 4.39 Å². The predicted octanol–water partition coefficient (Wildman–Crippen LogP) is 6.42. The molecule has 1 aliphatic heterocycles. The number of aromatic nitrogens is 7. The molecule has 1 N–H and O–H groups in total. The monoisotopic (exact) mass is 564 g/mol. The first kappa shape index (κ1) is 25.5. The molecule has 10 heteroatoms. The van der Waals surface area contributed by atoms with Crippen molar-refractivity contribution in [1.82, 2.24) is 39.4 Å². The Balaban J connectivity index is 1.05. The number of fused-ring (bicyclic) bond motifs is 1.